The highest BCUT2D eigenvalue weighted by Crippen LogP contribution is 2.26. The number of rotatable bonds is 4. The second-order valence-electron chi connectivity index (χ2n) is 4.06. The molecule has 1 aromatic rings. The van der Waals surface area contributed by atoms with Gasteiger partial charge in [0, 0.05) is 23.2 Å². The van der Waals surface area contributed by atoms with Crippen LogP contribution < -0.4 is 5.32 Å². The highest BCUT2D eigenvalue weighted by atomic mass is 32.2. The molecule has 2 rings (SSSR count). The van der Waals surface area contributed by atoms with Gasteiger partial charge in [-0.15, -0.1) is 11.3 Å². The number of thioether (sulfide) groups is 1. The summed E-state index contributed by atoms with van der Waals surface area (Å²) in [7, 11) is 0. The average Bonchev–Trinajstić information content (AvgIpc) is 2.84. The molecule has 0 spiro atoms. The Morgan fingerprint density at radius 3 is 3.13 bits per heavy atom. The highest BCUT2D eigenvalue weighted by molar-refractivity contribution is 8.00. The van der Waals surface area contributed by atoms with Crippen LogP contribution in [0.2, 0.25) is 0 Å². The molecule has 2 unspecified atom stereocenters. The summed E-state index contributed by atoms with van der Waals surface area (Å²) in [6.45, 7) is 5.39. The van der Waals surface area contributed by atoms with Gasteiger partial charge in [0.25, 0.3) is 0 Å². The van der Waals surface area contributed by atoms with Crippen molar-refractivity contribution in [2.75, 3.05) is 12.3 Å². The predicted molar refractivity (Wildman–Crippen MR) is 68.7 cm³/mol. The van der Waals surface area contributed by atoms with Crippen LogP contribution in [-0.4, -0.2) is 22.5 Å². The molecule has 1 fully saturated rings. The molecule has 1 saturated heterocycles. The van der Waals surface area contributed by atoms with Crippen LogP contribution in [0.3, 0.4) is 0 Å². The molecule has 1 aliphatic rings. The van der Waals surface area contributed by atoms with E-state index in [0.717, 1.165) is 16.8 Å². The topological polar surface area (TPSA) is 24.9 Å². The molecule has 2 heterocycles. The van der Waals surface area contributed by atoms with Gasteiger partial charge < -0.3 is 5.32 Å². The molecule has 0 radical (unpaired) electrons. The number of nitrogens with one attached hydrogen (secondary N) is 1. The van der Waals surface area contributed by atoms with Crippen molar-refractivity contribution < 1.29 is 0 Å². The minimum Gasteiger partial charge on any atom is -0.308 e. The molecule has 1 N–H and O–H groups in total. The second kappa shape index (κ2) is 5.32. The number of hydrogen-bond donors (Lipinski definition) is 1. The van der Waals surface area contributed by atoms with Crippen LogP contribution in [0.25, 0.3) is 0 Å². The maximum atomic E-state index is 4.51. The lowest BCUT2D eigenvalue weighted by Gasteiger charge is -2.14. The Bertz CT molecular complexity index is 305. The van der Waals surface area contributed by atoms with E-state index in [9.17, 15) is 0 Å². The molecule has 15 heavy (non-hydrogen) atoms. The minimum absolute atomic E-state index is 0.399. The third-order valence-electron chi connectivity index (χ3n) is 2.76. The molecule has 4 heteroatoms. The lowest BCUT2D eigenvalue weighted by atomic mass is 10.2. The van der Waals surface area contributed by atoms with Crippen LogP contribution in [0, 0.1) is 6.92 Å². The van der Waals surface area contributed by atoms with E-state index < -0.39 is 0 Å². The summed E-state index contributed by atoms with van der Waals surface area (Å²) in [6.07, 6.45) is 2.77. The Morgan fingerprint density at radius 1 is 1.67 bits per heavy atom. The van der Waals surface area contributed by atoms with Gasteiger partial charge in [0.15, 0.2) is 0 Å². The number of aryl methyl sites for hydroxylation is 1. The first kappa shape index (κ1) is 11.4. The normalized spacial score (nSPS) is 23.2. The zero-order valence-corrected chi connectivity index (χ0v) is 11.0. The SMILES string of the molecule is Cc1nc(C(C)NCC2CCCS2)cs1. The highest BCUT2D eigenvalue weighted by Gasteiger charge is 2.17. The lowest BCUT2D eigenvalue weighted by molar-refractivity contribution is 0.550. The minimum atomic E-state index is 0.399. The van der Waals surface area contributed by atoms with Crippen LogP contribution in [0.15, 0.2) is 5.38 Å². The van der Waals surface area contributed by atoms with Gasteiger partial charge >= 0.3 is 0 Å². The van der Waals surface area contributed by atoms with Crippen molar-refractivity contribution in [3.05, 3.63) is 16.1 Å². The van der Waals surface area contributed by atoms with E-state index in [2.05, 4.69) is 41.3 Å². The van der Waals surface area contributed by atoms with Crippen molar-refractivity contribution in [3.8, 4) is 0 Å². The van der Waals surface area contributed by atoms with E-state index >= 15 is 0 Å². The number of aromatic nitrogens is 1. The van der Waals surface area contributed by atoms with Gasteiger partial charge in [-0.25, -0.2) is 4.98 Å². The van der Waals surface area contributed by atoms with Crippen molar-refractivity contribution in [2.24, 2.45) is 0 Å². The Hall–Kier alpha value is -0.0600. The molecule has 0 aliphatic carbocycles. The summed E-state index contributed by atoms with van der Waals surface area (Å²) in [6, 6.07) is 0.399. The first-order valence-electron chi connectivity index (χ1n) is 5.52. The molecule has 2 nitrogen and oxygen atoms in total. The average molecular weight is 242 g/mol. The largest absolute Gasteiger partial charge is 0.308 e. The van der Waals surface area contributed by atoms with Gasteiger partial charge in [0.05, 0.1) is 10.7 Å². The Morgan fingerprint density at radius 2 is 2.53 bits per heavy atom. The molecule has 0 amide bonds. The molecule has 0 aromatic carbocycles. The van der Waals surface area contributed by atoms with E-state index in [1.165, 1.54) is 24.3 Å². The van der Waals surface area contributed by atoms with Gasteiger partial charge in [-0.2, -0.15) is 11.8 Å². The fourth-order valence-corrected chi connectivity index (χ4v) is 3.72. The Balaban J connectivity index is 1.79. The monoisotopic (exact) mass is 242 g/mol. The summed E-state index contributed by atoms with van der Waals surface area (Å²) < 4.78 is 0. The molecule has 84 valence electrons. The zero-order valence-electron chi connectivity index (χ0n) is 9.32. The Kier molecular flexibility index (Phi) is 4.05. The van der Waals surface area contributed by atoms with E-state index in [1.54, 1.807) is 11.3 Å². The van der Waals surface area contributed by atoms with Gasteiger partial charge in [-0.3, -0.25) is 0 Å². The van der Waals surface area contributed by atoms with Crippen molar-refractivity contribution in [3.63, 3.8) is 0 Å². The molecule has 1 aliphatic heterocycles. The summed E-state index contributed by atoms with van der Waals surface area (Å²) in [4.78, 5) is 4.51. The van der Waals surface area contributed by atoms with Crippen molar-refractivity contribution >= 4 is 23.1 Å². The van der Waals surface area contributed by atoms with Crippen LogP contribution in [0.5, 0.6) is 0 Å². The molecule has 0 saturated carbocycles. The van der Waals surface area contributed by atoms with E-state index in [-0.39, 0.29) is 0 Å². The first-order valence-corrected chi connectivity index (χ1v) is 7.45. The standard InChI is InChI=1S/C11H18N2S2/c1-8(11-7-15-9(2)13-11)12-6-10-4-3-5-14-10/h7-8,10,12H,3-6H2,1-2H3. The molecule has 2 atom stereocenters. The molecular weight excluding hydrogens is 224 g/mol. The van der Waals surface area contributed by atoms with Crippen LogP contribution >= 0.6 is 23.1 Å². The van der Waals surface area contributed by atoms with Crippen LogP contribution in [0.1, 0.15) is 36.5 Å². The van der Waals surface area contributed by atoms with E-state index in [4.69, 9.17) is 0 Å². The van der Waals surface area contributed by atoms with Gasteiger partial charge in [0.2, 0.25) is 0 Å². The van der Waals surface area contributed by atoms with Crippen molar-refractivity contribution in [2.45, 2.75) is 38.0 Å². The van der Waals surface area contributed by atoms with Gasteiger partial charge in [-0.05, 0) is 32.4 Å². The first-order chi connectivity index (χ1) is 7.25. The third-order valence-corrected chi connectivity index (χ3v) is 4.95. The zero-order chi connectivity index (χ0) is 10.7. The van der Waals surface area contributed by atoms with E-state index in [1.807, 2.05) is 0 Å². The number of thiazole rings is 1. The maximum absolute atomic E-state index is 4.51. The summed E-state index contributed by atoms with van der Waals surface area (Å²) >= 11 is 3.84. The molecular formula is C11H18N2S2. The predicted octanol–water partition coefficient (Wildman–Crippen LogP) is 3.00. The van der Waals surface area contributed by atoms with Gasteiger partial charge in [0.1, 0.15) is 0 Å². The molecule has 0 bridgehead atoms. The van der Waals surface area contributed by atoms with Crippen LogP contribution in [0.4, 0.5) is 0 Å². The summed E-state index contributed by atoms with van der Waals surface area (Å²) in [5.41, 5.74) is 1.19. The summed E-state index contributed by atoms with van der Waals surface area (Å²) in [5.74, 6) is 1.34. The second-order valence-corrected chi connectivity index (χ2v) is 6.53. The summed E-state index contributed by atoms with van der Waals surface area (Å²) in [5, 5.41) is 7.73. The van der Waals surface area contributed by atoms with Crippen molar-refractivity contribution in [1.29, 1.82) is 0 Å². The number of hydrogen-bond acceptors (Lipinski definition) is 4. The number of nitrogens with zero attached hydrogens (tertiary/aromatic N) is 1. The Labute approximate surface area is 99.9 Å². The van der Waals surface area contributed by atoms with Crippen molar-refractivity contribution in [1.82, 2.24) is 10.3 Å². The quantitative estimate of drug-likeness (QED) is 0.878. The maximum Gasteiger partial charge on any atom is 0.0898 e. The smallest absolute Gasteiger partial charge is 0.0898 e. The third kappa shape index (κ3) is 3.20. The molecule has 1 aromatic heterocycles. The van der Waals surface area contributed by atoms with Gasteiger partial charge in [-0.1, -0.05) is 0 Å². The van der Waals surface area contributed by atoms with Crippen LogP contribution in [-0.2, 0) is 0 Å². The van der Waals surface area contributed by atoms with E-state index in [0.29, 0.717) is 6.04 Å². The fraction of sp³-hybridized carbons (Fsp3) is 0.727. The fourth-order valence-electron chi connectivity index (χ4n) is 1.80. The lowest BCUT2D eigenvalue weighted by Crippen LogP contribution is -2.26.